The van der Waals surface area contributed by atoms with Crippen LogP contribution in [0.4, 0.5) is 10.1 Å². The Morgan fingerprint density at radius 1 is 1.08 bits per heavy atom. The van der Waals surface area contributed by atoms with Crippen LogP contribution >= 0.6 is 0 Å². The summed E-state index contributed by atoms with van der Waals surface area (Å²) in [5.41, 5.74) is 2.29. The number of rotatable bonds is 3. The van der Waals surface area contributed by atoms with Gasteiger partial charge in [-0.05, 0) is 51.5 Å². The minimum Gasteiger partial charge on any atom is -0.458 e. The lowest BCUT2D eigenvalue weighted by Crippen LogP contribution is -2.22. The van der Waals surface area contributed by atoms with Gasteiger partial charge in [-0.15, -0.1) is 0 Å². The number of carbonyl (C=O) groups excluding carboxylic acids is 1. The zero-order chi connectivity index (χ0) is 18.1. The quantitative estimate of drug-likeness (QED) is 0.772. The Balaban J connectivity index is 1.63. The van der Waals surface area contributed by atoms with Gasteiger partial charge < -0.3 is 9.64 Å². The molecule has 26 heavy (non-hydrogen) atoms. The minimum atomic E-state index is -0.451. The first-order valence-electron chi connectivity index (χ1n) is 9.55. The monoisotopic (exact) mass is 357 g/mol. The van der Waals surface area contributed by atoms with Crippen molar-refractivity contribution in [3.05, 3.63) is 29.3 Å². The Kier molecular flexibility index (Phi) is 4.74. The van der Waals surface area contributed by atoms with Crippen LogP contribution in [-0.4, -0.2) is 35.1 Å². The van der Waals surface area contributed by atoms with Crippen molar-refractivity contribution in [3.8, 4) is 0 Å². The Morgan fingerprint density at radius 2 is 1.77 bits per heavy atom. The first-order chi connectivity index (χ1) is 12.6. The van der Waals surface area contributed by atoms with Gasteiger partial charge in [-0.1, -0.05) is 6.42 Å². The van der Waals surface area contributed by atoms with Crippen LogP contribution in [0.1, 0.15) is 61.1 Å². The molecule has 1 aliphatic carbocycles. The number of halogens is 1. The number of ether oxygens (including phenoxy) is 1. The van der Waals surface area contributed by atoms with E-state index in [1.165, 1.54) is 12.5 Å². The molecule has 2 heterocycles. The van der Waals surface area contributed by atoms with E-state index in [9.17, 15) is 9.18 Å². The van der Waals surface area contributed by atoms with E-state index in [0.29, 0.717) is 22.4 Å². The number of aryl methyl sites for hydroxylation is 1. The van der Waals surface area contributed by atoms with Gasteiger partial charge >= 0.3 is 5.97 Å². The first-order valence-corrected chi connectivity index (χ1v) is 9.55. The number of anilines is 1. The van der Waals surface area contributed by atoms with Crippen molar-refractivity contribution in [1.29, 1.82) is 0 Å². The highest BCUT2D eigenvalue weighted by Crippen LogP contribution is 2.28. The second kappa shape index (κ2) is 7.17. The predicted molar refractivity (Wildman–Crippen MR) is 98.0 cm³/mol. The smallest absolute Gasteiger partial charge is 0.359 e. The lowest BCUT2D eigenvalue weighted by atomic mass is 9.98. The van der Waals surface area contributed by atoms with Crippen LogP contribution in [0.25, 0.3) is 11.0 Å². The van der Waals surface area contributed by atoms with Crippen molar-refractivity contribution in [1.82, 2.24) is 9.97 Å². The number of fused-ring (bicyclic) bond motifs is 1. The summed E-state index contributed by atoms with van der Waals surface area (Å²) < 4.78 is 20.2. The van der Waals surface area contributed by atoms with Crippen LogP contribution in [0.15, 0.2) is 12.1 Å². The summed E-state index contributed by atoms with van der Waals surface area (Å²) in [6, 6.07) is 3.12. The molecule has 138 valence electrons. The normalized spacial score (nSPS) is 18.5. The highest BCUT2D eigenvalue weighted by Gasteiger charge is 2.23. The van der Waals surface area contributed by atoms with E-state index >= 15 is 0 Å². The molecule has 2 aromatic rings. The van der Waals surface area contributed by atoms with Gasteiger partial charge in [-0.3, -0.25) is 0 Å². The SMILES string of the molecule is Cc1nc2cc(N3CCCC3)c(F)cc2nc1C(=O)OC1CCCCC1. The molecular formula is C20H24FN3O2. The van der Waals surface area contributed by atoms with E-state index in [0.717, 1.165) is 51.6 Å². The van der Waals surface area contributed by atoms with Crippen LogP contribution in [0.2, 0.25) is 0 Å². The van der Waals surface area contributed by atoms with Crippen LogP contribution in [0.3, 0.4) is 0 Å². The van der Waals surface area contributed by atoms with E-state index < -0.39 is 5.97 Å². The van der Waals surface area contributed by atoms with Crippen molar-refractivity contribution < 1.29 is 13.9 Å². The molecule has 1 aromatic carbocycles. The Hall–Kier alpha value is -2.24. The number of hydrogen-bond donors (Lipinski definition) is 0. The third-order valence-corrected chi connectivity index (χ3v) is 5.37. The molecule has 0 unspecified atom stereocenters. The van der Waals surface area contributed by atoms with E-state index in [2.05, 4.69) is 9.97 Å². The molecule has 0 amide bonds. The molecular weight excluding hydrogens is 333 g/mol. The summed E-state index contributed by atoms with van der Waals surface area (Å²) >= 11 is 0. The predicted octanol–water partition coefficient (Wildman–Crippen LogP) is 4.17. The van der Waals surface area contributed by atoms with Gasteiger partial charge in [0.2, 0.25) is 0 Å². The minimum absolute atomic E-state index is 0.0394. The Morgan fingerprint density at radius 3 is 2.50 bits per heavy atom. The first kappa shape index (κ1) is 17.2. The lowest BCUT2D eigenvalue weighted by Gasteiger charge is -2.22. The molecule has 0 spiro atoms. The molecule has 5 nitrogen and oxygen atoms in total. The van der Waals surface area contributed by atoms with Gasteiger partial charge in [-0.2, -0.15) is 0 Å². The Labute approximate surface area is 152 Å². The number of aromatic nitrogens is 2. The Bertz CT molecular complexity index is 827. The van der Waals surface area contributed by atoms with Gasteiger partial charge in [0, 0.05) is 19.2 Å². The van der Waals surface area contributed by atoms with Crippen molar-refractivity contribution in [2.45, 2.75) is 58.0 Å². The van der Waals surface area contributed by atoms with Crippen LogP contribution < -0.4 is 4.90 Å². The zero-order valence-electron chi connectivity index (χ0n) is 15.1. The summed E-state index contributed by atoms with van der Waals surface area (Å²) in [6.07, 6.45) is 7.29. The van der Waals surface area contributed by atoms with Crippen molar-refractivity contribution >= 4 is 22.7 Å². The van der Waals surface area contributed by atoms with Crippen LogP contribution in [0.5, 0.6) is 0 Å². The number of hydrogen-bond acceptors (Lipinski definition) is 5. The summed E-state index contributed by atoms with van der Waals surface area (Å²) in [4.78, 5) is 23.4. The van der Waals surface area contributed by atoms with E-state index in [4.69, 9.17) is 4.74 Å². The zero-order valence-corrected chi connectivity index (χ0v) is 15.1. The molecule has 0 atom stereocenters. The molecule has 4 rings (SSSR count). The maximum atomic E-state index is 14.6. The fourth-order valence-electron chi connectivity index (χ4n) is 3.94. The summed E-state index contributed by atoms with van der Waals surface area (Å²) in [6.45, 7) is 3.48. The maximum absolute atomic E-state index is 14.6. The summed E-state index contributed by atoms with van der Waals surface area (Å²) in [7, 11) is 0. The maximum Gasteiger partial charge on any atom is 0.359 e. The highest BCUT2D eigenvalue weighted by atomic mass is 19.1. The molecule has 2 aliphatic rings. The standard InChI is InChI=1S/C20H24FN3O2/c1-13-19(20(25)26-14-7-3-2-4-8-14)23-16-11-15(21)18(12-17(16)22-13)24-9-5-6-10-24/h11-12,14H,2-10H2,1H3. The van der Waals surface area contributed by atoms with E-state index in [-0.39, 0.29) is 17.6 Å². The average molecular weight is 357 g/mol. The number of esters is 1. The molecule has 1 aliphatic heterocycles. The van der Waals surface area contributed by atoms with Crippen molar-refractivity contribution in [2.24, 2.45) is 0 Å². The van der Waals surface area contributed by atoms with Crippen LogP contribution in [0, 0.1) is 12.7 Å². The fraction of sp³-hybridized carbons (Fsp3) is 0.550. The molecule has 1 aromatic heterocycles. The number of nitrogens with zero attached hydrogens (tertiary/aromatic N) is 3. The highest BCUT2D eigenvalue weighted by molar-refractivity contribution is 5.91. The van der Waals surface area contributed by atoms with Gasteiger partial charge in [0.15, 0.2) is 5.69 Å². The van der Waals surface area contributed by atoms with Gasteiger partial charge in [0.05, 0.1) is 22.4 Å². The molecule has 2 fully saturated rings. The van der Waals surface area contributed by atoms with Crippen LogP contribution in [-0.2, 0) is 4.74 Å². The molecule has 0 radical (unpaired) electrons. The van der Waals surface area contributed by atoms with Gasteiger partial charge in [-0.25, -0.2) is 19.2 Å². The fourth-order valence-corrected chi connectivity index (χ4v) is 3.94. The molecule has 0 bridgehead atoms. The number of carbonyl (C=O) groups is 1. The molecule has 0 N–H and O–H groups in total. The average Bonchev–Trinajstić information content (AvgIpc) is 3.16. The third kappa shape index (κ3) is 3.37. The van der Waals surface area contributed by atoms with Crippen molar-refractivity contribution in [3.63, 3.8) is 0 Å². The number of benzene rings is 1. The second-order valence-corrected chi connectivity index (χ2v) is 7.31. The topological polar surface area (TPSA) is 55.3 Å². The third-order valence-electron chi connectivity index (χ3n) is 5.37. The molecule has 1 saturated carbocycles. The van der Waals surface area contributed by atoms with E-state index in [1.54, 1.807) is 13.0 Å². The molecule has 6 heteroatoms. The van der Waals surface area contributed by atoms with Gasteiger partial charge in [0.25, 0.3) is 0 Å². The van der Waals surface area contributed by atoms with Crippen molar-refractivity contribution in [2.75, 3.05) is 18.0 Å². The summed E-state index contributed by atoms with van der Waals surface area (Å²) in [5, 5.41) is 0. The van der Waals surface area contributed by atoms with Gasteiger partial charge in [0.1, 0.15) is 11.9 Å². The van der Waals surface area contributed by atoms with E-state index in [1.807, 2.05) is 4.90 Å². The molecule has 1 saturated heterocycles. The second-order valence-electron chi connectivity index (χ2n) is 7.31. The summed E-state index contributed by atoms with van der Waals surface area (Å²) in [5.74, 6) is -0.767. The lowest BCUT2D eigenvalue weighted by molar-refractivity contribution is 0.0203. The largest absolute Gasteiger partial charge is 0.458 e.